The highest BCUT2D eigenvalue weighted by atomic mass is 16.5. The number of hydrogen-bond donors (Lipinski definition) is 2. The van der Waals surface area contributed by atoms with E-state index in [1.54, 1.807) is 86.6 Å². The molecule has 0 bridgehead atoms. The molecule has 0 fully saturated rings. The number of carboxylic acid groups (broad SMARTS) is 1. The lowest BCUT2D eigenvalue weighted by Crippen LogP contribution is -2.56. The molecule has 0 aliphatic rings. The molecule has 0 saturated carbocycles. The molecule has 0 unspecified atom stereocenters. The third-order valence-electron chi connectivity index (χ3n) is 6.20. The standard InChI is InChI=1S/C30H31NO7/c1-3-37-25(32)20-24(28(35)38-4-2)26(27(33)34)31-29(36)30(21-14-8-5-9-15-21,22-16-10-6-11-17-22)23-18-12-7-13-19-23/h5-19,24,26H,3-4,20H2,1-2H3,(H,31,36)(H,33,34)/t24-,26-/m1/s1. The third kappa shape index (κ3) is 6.08. The van der Waals surface area contributed by atoms with Gasteiger partial charge in [0, 0.05) is 0 Å². The van der Waals surface area contributed by atoms with Gasteiger partial charge >= 0.3 is 17.9 Å². The lowest BCUT2D eigenvalue weighted by molar-refractivity contribution is -0.160. The molecule has 0 spiro atoms. The number of ether oxygens (including phenoxy) is 2. The van der Waals surface area contributed by atoms with E-state index in [1.165, 1.54) is 0 Å². The number of aliphatic carboxylic acids is 1. The van der Waals surface area contributed by atoms with Crippen molar-refractivity contribution >= 4 is 23.8 Å². The minimum atomic E-state index is -1.76. The second-order valence-corrected chi connectivity index (χ2v) is 8.51. The highest BCUT2D eigenvalue weighted by Crippen LogP contribution is 2.40. The summed E-state index contributed by atoms with van der Waals surface area (Å²) in [6, 6.07) is 25.2. The number of rotatable bonds is 12. The zero-order valence-corrected chi connectivity index (χ0v) is 21.3. The second-order valence-electron chi connectivity index (χ2n) is 8.51. The number of carbonyl (C=O) groups is 4. The zero-order chi connectivity index (χ0) is 27.5. The Hall–Kier alpha value is -4.46. The van der Waals surface area contributed by atoms with Crippen molar-refractivity contribution < 1.29 is 33.8 Å². The molecule has 2 atom stereocenters. The molecule has 0 heterocycles. The molecular formula is C30H31NO7. The van der Waals surface area contributed by atoms with Gasteiger partial charge in [-0.15, -0.1) is 0 Å². The van der Waals surface area contributed by atoms with Gasteiger partial charge in [0.25, 0.3) is 0 Å². The van der Waals surface area contributed by atoms with Crippen LogP contribution in [0.15, 0.2) is 91.0 Å². The molecule has 0 radical (unpaired) electrons. The molecule has 0 aliphatic carbocycles. The SMILES string of the molecule is CCOC(=O)C[C@@H](C(=O)OCC)[C@@H](NC(=O)C(c1ccccc1)(c1ccccc1)c1ccccc1)C(=O)O. The quantitative estimate of drug-likeness (QED) is 0.278. The van der Waals surface area contributed by atoms with Crippen molar-refractivity contribution in [2.24, 2.45) is 5.92 Å². The molecule has 0 aromatic heterocycles. The topological polar surface area (TPSA) is 119 Å². The van der Waals surface area contributed by atoms with E-state index < -0.39 is 47.6 Å². The van der Waals surface area contributed by atoms with Gasteiger partial charge in [0.15, 0.2) is 0 Å². The Balaban J connectivity index is 2.19. The lowest BCUT2D eigenvalue weighted by Gasteiger charge is -2.36. The number of hydrogen-bond acceptors (Lipinski definition) is 6. The van der Waals surface area contributed by atoms with Crippen LogP contribution in [0.5, 0.6) is 0 Å². The predicted molar refractivity (Wildman–Crippen MR) is 140 cm³/mol. The molecule has 8 nitrogen and oxygen atoms in total. The molecule has 0 saturated heterocycles. The first-order valence-electron chi connectivity index (χ1n) is 12.4. The average molecular weight is 518 g/mol. The Morgan fingerprint density at radius 1 is 0.737 bits per heavy atom. The molecule has 3 rings (SSSR count). The van der Waals surface area contributed by atoms with Crippen molar-refractivity contribution in [2.45, 2.75) is 31.7 Å². The summed E-state index contributed by atoms with van der Waals surface area (Å²) in [7, 11) is 0. The molecule has 3 aromatic rings. The smallest absolute Gasteiger partial charge is 0.327 e. The summed E-state index contributed by atoms with van der Waals surface area (Å²) >= 11 is 0. The molecule has 2 N–H and O–H groups in total. The van der Waals surface area contributed by atoms with E-state index in [0.29, 0.717) is 16.7 Å². The van der Waals surface area contributed by atoms with E-state index in [4.69, 9.17) is 9.47 Å². The van der Waals surface area contributed by atoms with Gasteiger partial charge in [-0.25, -0.2) is 4.79 Å². The highest BCUT2D eigenvalue weighted by molar-refractivity contribution is 5.99. The fraction of sp³-hybridized carbons (Fsp3) is 0.267. The van der Waals surface area contributed by atoms with Crippen LogP contribution in [0.1, 0.15) is 37.0 Å². The van der Waals surface area contributed by atoms with Crippen molar-refractivity contribution in [3.63, 3.8) is 0 Å². The zero-order valence-electron chi connectivity index (χ0n) is 21.3. The summed E-state index contributed by atoms with van der Waals surface area (Å²) in [5, 5.41) is 12.7. The second kappa shape index (κ2) is 13.2. The number of carboxylic acids is 1. The van der Waals surface area contributed by atoms with Gasteiger partial charge in [-0.1, -0.05) is 91.0 Å². The molecule has 198 valence electrons. The van der Waals surface area contributed by atoms with E-state index in [2.05, 4.69) is 5.32 Å². The summed E-state index contributed by atoms with van der Waals surface area (Å²) in [5.74, 6) is -5.35. The average Bonchev–Trinajstić information content (AvgIpc) is 2.93. The lowest BCUT2D eigenvalue weighted by atomic mass is 9.68. The predicted octanol–water partition coefficient (Wildman–Crippen LogP) is 3.72. The van der Waals surface area contributed by atoms with E-state index in [1.807, 2.05) is 18.2 Å². The molecule has 0 aliphatic heterocycles. The van der Waals surface area contributed by atoms with E-state index in [-0.39, 0.29) is 13.2 Å². The van der Waals surface area contributed by atoms with Gasteiger partial charge in [-0.2, -0.15) is 0 Å². The number of amides is 1. The minimum Gasteiger partial charge on any atom is -0.480 e. The maximum absolute atomic E-state index is 14.4. The van der Waals surface area contributed by atoms with Gasteiger partial charge in [0.2, 0.25) is 5.91 Å². The summed E-state index contributed by atoms with van der Waals surface area (Å²) in [4.78, 5) is 52.0. The van der Waals surface area contributed by atoms with Gasteiger partial charge < -0.3 is 19.9 Å². The van der Waals surface area contributed by atoms with Crippen LogP contribution in [-0.4, -0.2) is 48.2 Å². The number of carbonyl (C=O) groups excluding carboxylic acids is 3. The van der Waals surface area contributed by atoms with Crippen LogP contribution in [0.3, 0.4) is 0 Å². The Labute approximate surface area is 221 Å². The fourth-order valence-electron chi connectivity index (χ4n) is 4.53. The van der Waals surface area contributed by atoms with Crippen molar-refractivity contribution in [3.05, 3.63) is 108 Å². The minimum absolute atomic E-state index is 0.0274. The Kier molecular flexibility index (Phi) is 9.76. The van der Waals surface area contributed by atoms with Crippen LogP contribution in [0.25, 0.3) is 0 Å². The summed E-state index contributed by atoms with van der Waals surface area (Å²) in [5.41, 5.74) is 0.312. The Morgan fingerprint density at radius 2 is 1.16 bits per heavy atom. The van der Waals surface area contributed by atoms with Crippen LogP contribution in [0.2, 0.25) is 0 Å². The van der Waals surface area contributed by atoms with Crippen molar-refractivity contribution in [2.75, 3.05) is 13.2 Å². The first-order chi connectivity index (χ1) is 18.4. The fourth-order valence-corrected chi connectivity index (χ4v) is 4.53. The first-order valence-corrected chi connectivity index (χ1v) is 12.4. The highest BCUT2D eigenvalue weighted by Gasteiger charge is 2.47. The van der Waals surface area contributed by atoms with Crippen LogP contribution in [-0.2, 0) is 34.1 Å². The number of nitrogens with one attached hydrogen (secondary N) is 1. The molecule has 38 heavy (non-hydrogen) atoms. The maximum atomic E-state index is 14.4. The van der Waals surface area contributed by atoms with Crippen molar-refractivity contribution in [3.8, 4) is 0 Å². The summed E-state index contributed by atoms with van der Waals surface area (Å²) in [6.45, 7) is 3.19. The Morgan fingerprint density at radius 3 is 1.53 bits per heavy atom. The van der Waals surface area contributed by atoms with Gasteiger partial charge in [-0.3, -0.25) is 14.4 Å². The summed E-state index contributed by atoms with van der Waals surface area (Å²) in [6.07, 6.45) is -0.571. The summed E-state index contributed by atoms with van der Waals surface area (Å²) < 4.78 is 10.0. The van der Waals surface area contributed by atoms with E-state index in [0.717, 1.165) is 0 Å². The normalized spacial score (nSPS) is 12.6. The van der Waals surface area contributed by atoms with Gasteiger partial charge in [0.1, 0.15) is 11.5 Å². The molecule has 3 aromatic carbocycles. The van der Waals surface area contributed by atoms with Crippen LogP contribution < -0.4 is 5.32 Å². The number of benzene rings is 3. The number of esters is 2. The third-order valence-corrected chi connectivity index (χ3v) is 6.20. The van der Waals surface area contributed by atoms with Crippen molar-refractivity contribution in [1.82, 2.24) is 5.32 Å². The van der Waals surface area contributed by atoms with E-state index >= 15 is 0 Å². The Bertz CT molecular complexity index is 1130. The first kappa shape index (κ1) is 28.1. The van der Waals surface area contributed by atoms with Crippen LogP contribution >= 0.6 is 0 Å². The van der Waals surface area contributed by atoms with Gasteiger partial charge in [-0.05, 0) is 30.5 Å². The van der Waals surface area contributed by atoms with Gasteiger partial charge in [0.05, 0.1) is 25.6 Å². The largest absolute Gasteiger partial charge is 0.480 e. The van der Waals surface area contributed by atoms with Crippen LogP contribution in [0.4, 0.5) is 0 Å². The maximum Gasteiger partial charge on any atom is 0.327 e. The molecule has 1 amide bonds. The van der Waals surface area contributed by atoms with Crippen LogP contribution in [0, 0.1) is 5.92 Å². The van der Waals surface area contributed by atoms with E-state index in [9.17, 15) is 24.3 Å². The molecular weight excluding hydrogens is 486 g/mol. The molecule has 8 heteroatoms. The van der Waals surface area contributed by atoms with Crippen molar-refractivity contribution in [1.29, 1.82) is 0 Å². The monoisotopic (exact) mass is 517 g/mol.